The largest absolute Gasteiger partial charge is 0.391 e. The fourth-order valence-electron chi connectivity index (χ4n) is 2.63. The third-order valence-electron chi connectivity index (χ3n) is 3.55. The van der Waals surface area contributed by atoms with Gasteiger partial charge in [0.25, 0.3) is 0 Å². The first kappa shape index (κ1) is 15.4. The molecule has 0 radical (unpaired) electrons. The molecule has 108 valence electrons. The molecule has 0 unspecified atom stereocenters. The first-order chi connectivity index (χ1) is 9.25. The van der Waals surface area contributed by atoms with Crippen molar-refractivity contribution in [3.8, 4) is 0 Å². The van der Waals surface area contributed by atoms with Crippen LogP contribution in [0.15, 0.2) is 6.07 Å². The SMILES string of the molecule is CC(C)c1nc2c(cc1C(=O)OI)C(=O)CC(C)(C)C2. The summed E-state index contributed by atoms with van der Waals surface area (Å²) in [5, 5.41) is 0. The third kappa shape index (κ3) is 2.87. The van der Waals surface area contributed by atoms with Gasteiger partial charge >= 0.3 is 5.97 Å². The lowest BCUT2D eigenvalue weighted by Gasteiger charge is -2.30. The van der Waals surface area contributed by atoms with Crippen molar-refractivity contribution in [3.63, 3.8) is 0 Å². The molecule has 0 bridgehead atoms. The standard InChI is InChI=1S/C15H18INO3/c1-8(2)13-10(14(19)20-16)5-9-11(17-13)6-15(3,4)7-12(9)18/h5,8H,6-7H2,1-4H3. The van der Waals surface area contributed by atoms with Gasteiger partial charge in [0.2, 0.25) is 0 Å². The number of aromatic nitrogens is 1. The lowest BCUT2D eigenvalue weighted by Crippen LogP contribution is -2.29. The highest BCUT2D eigenvalue weighted by atomic mass is 127. The molecule has 0 aliphatic heterocycles. The highest BCUT2D eigenvalue weighted by Crippen LogP contribution is 2.35. The van der Waals surface area contributed by atoms with Gasteiger partial charge in [0.1, 0.15) is 0 Å². The lowest BCUT2D eigenvalue weighted by molar-refractivity contribution is 0.0798. The Kier molecular flexibility index (Phi) is 4.18. The smallest absolute Gasteiger partial charge is 0.349 e. The molecular formula is C15H18INO3. The summed E-state index contributed by atoms with van der Waals surface area (Å²) in [6, 6.07) is 1.66. The van der Waals surface area contributed by atoms with Gasteiger partial charge in [-0.2, -0.15) is 0 Å². The van der Waals surface area contributed by atoms with Gasteiger partial charge in [-0.1, -0.05) is 27.7 Å². The van der Waals surface area contributed by atoms with Gasteiger partial charge < -0.3 is 3.07 Å². The predicted molar refractivity (Wildman–Crippen MR) is 84.2 cm³/mol. The molecule has 1 aliphatic rings. The van der Waals surface area contributed by atoms with Gasteiger partial charge in [-0.25, -0.2) is 4.79 Å². The molecule has 0 saturated carbocycles. The maximum atomic E-state index is 12.3. The molecule has 1 heterocycles. The number of carbonyl (C=O) groups is 2. The highest BCUT2D eigenvalue weighted by Gasteiger charge is 2.33. The van der Waals surface area contributed by atoms with E-state index in [1.807, 2.05) is 13.8 Å². The van der Waals surface area contributed by atoms with Crippen molar-refractivity contribution in [1.82, 2.24) is 4.98 Å². The zero-order valence-electron chi connectivity index (χ0n) is 12.1. The Morgan fingerprint density at radius 1 is 1.40 bits per heavy atom. The van der Waals surface area contributed by atoms with Crippen LogP contribution >= 0.6 is 23.0 Å². The van der Waals surface area contributed by atoms with E-state index in [0.29, 0.717) is 23.2 Å². The van der Waals surface area contributed by atoms with Crippen LogP contribution in [0.3, 0.4) is 0 Å². The number of fused-ring (bicyclic) bond motifs is 1. The normalized spacial score (nSPS) is 17.0. The Hall–Kier alpha value is -0.980. The van der Waals surface area contributed by atoms with E-state index in [1.165, 1.54) is 0 Å². The van der Waals surface area contributed by atoms with Crippen LogP contribution in [0.25, 0.3) is 0 Å². The number of nitrogens with zero attached hydrogens (tertiary/aromatic N) is 1. The monoisotopic (exact) mass is 387 g/mol. The topological polar surface area (TPSA) is 56.3 Å². The lowest BCUT2D eigenvalue weighted by atomic mass is 9.75. The molecule has 0 aromatic carbocycles. The second-order valence-corrected chi connectivity index (χ2v) is 6.82. The van der Waals surface area contributed by atoms with E-state index in [-0.39, 0.29) is 17.1 Å². The van der Waals surface area contributed by atoms with Crippen LogP contribution in [0.1, 0.15) is 72.1 Å². The minimum atomic E-state index is -0.442. The molecular weight excluding hydrogens is 369 g/mol. The van der Waals surface area contributed by atoms with Crippen molar-refractivity contribution in [1.29, 1.82) is 0 Å². The first-order valence-corrected chi connectivity index (χ1v) is 7.53. The van der Waals surface area contributed by atoms with Crippen LogP contribution < -0.4 is 0 Å². The van der Waals surface area contributed by atoms with Crippen molar-refractivity contribution >= 4 is 34.8 Å². The maximum absolute atomic E-state index is 12.3. The van der Waals surface area contributed by atoms with Crippen molar-refractivity contribution in [2.75, 3.05) is 0 Å². The molecule has 0 amide bonds. The molecule has 0 saturated heterocycles. The van der Waals surface area contributed by atoms with Gasteiger partial charge in [0, 0.05) is 12.0 Å². The number of rotatable bonds is 2. The zero-order valence-corrected chi connectivity index (χ0v) is 14.3. The second-order valence-electron chi connectivity index (χ2n) is 6.38. The Bertz CT molecular complexity index is 579. The average Bonchev–Trinajstić information content (AvgIpc) is 2.35. The quantitative estimate of drug-likeness (QED) is 0.723. The number of pyridine rings is 1. The Morgan fingerprint density at radius 2 is 2.05 bits per heavy atom. The van der Waals surface area contributed by atoms with E-state index in [4.69, 9.17) is 3.07 Å². The summed E-state index contributed by atoms with van der Waals surface area (Å²) in [5.41, 5.74) is 2.42. The van der Waals surface area contributed by atoms with Crippen LogP contribution in [-0.2, 0) is 9.49 Å². The van der Waals surface area contributed by atoms with E-state index >= 15 is 0 Å². The summed E-state index contributed by atoms with van der Waals surface area (Å²) in [5.74, 6) is -0.283. The summed E-state index contributed by atoms with van der Waals surface area (Å²) in [7, 11) is 0. The molecule has 2 rings (SSSR count). The fourth-order valence-corrected chi connectivity index (χ4v) is 2.87. The van der Waals surface area contributed by atoms with Crippen molar-refractivity contribution in [2.45, 2.75) is 46.5 Å². The van der Waals surface area contributed by atoms with E-state index in [9.17, 15) is 9.59 Å². The van der Waals surface area contributed by atoms with Crippen LogP contribution in [-0.4, -0.2) is 16.7 Å². The van der Waals surface area contributed by atoms with Crippen LogP contribution in [0.5, 0.6) is 0 Å². The maximum Gasteiger partial charge on any atom is 0.349 e. The van der Waals surface area contributed by atoms with Crippen molar-refractivity contribution in [2.24, 2.45) is 5.41 Å². The van der Waals surface area contributed by atoms with Gasteiger partial charge in [0.05, 0.1) is 17.0 Å². The van der Waals surface area contributed by atoms with Crippen LogP contribution in [0.4, 0.5) is 0 Å². The fraction of sp³-hybridized carbons (Fsp3) is 0.533. The molecule has 1 aromatic heterocycles. The molecule has 0 N–H and O–H groups in total. The van der Waals surface area contributed by atoms with E-state index < -0.39 is 5.97 Å². The van der Waals surface area contributed by atoms with Crippen LogP contribution in [0, 0.1) is 5.41 Å². The van der Waals surface area contributed by atoms with E-state index in [2.05, 4.69) is 18.8 Å². The minimum absolute atomic E-state index is 0.0570. The number of Topliss-reactive ketones (excluding diaryl/α,β-unsaturated/α-hetero) is 1. The molecule has 0 atom stereocenters. The molecule has 5 heteroatoms. The van der Waals surface area contributed by atoms with Crippen molar-refractivity contribution < 1.29 is 12.7 Å². The summed E-state index contributed by atoms with van der Waals surface area (Å²) < 4.78 is 4.77. The highest BCUT2D eigenvalue weighted by molar-refractivity contribution is 14.1. The average molecular weight is 387 g/mol. The molecule has 0 fully saturated rings. The Morgan fingerprint density at radius 3 is 2.60 bits per heavy atom. The molecule has 4 nitrogen and oxygen atoms in total. The number of hydrogen-bond acceptors (Lipinski definition) is 4. The molecule has 1 aromatic rings. The number of ketones is 1. The van der Waals surface area contributed by atoms with Gasteiger partial charge in [0.15, 0.2) is 28.8 Å². The van der Waals surface area contributed by atoms with Crippen molar-refractivity contribution in [3.05, 3.63) is 28.6 Å². The summed E-state index contributed by atoms with van der Waals surface area (Å²) in [6.07, 6.45) is 1.24. The second kappa shape index (κ2) is 5.42. The molecule has 20 heavy (non-hydrogen) atoms. The Labute approximate surface area is 133 Å². The third-order valence-corrected chi connectivity index (χ3v) is 3.95. The van der Waals surface area contributed by atoms with E-state index in [1.54, 1.807) is 29.1 Å². The summed E-state index contributed by atoms with van der Waals surface area (Å²) in [4.78, 5) is 28.7. The summed E-state index contributed by atoms with van der Waals surface area (Å²) >= 11 is 1.56. The molecule has 1 aliphatic carbocycles. The number of hydrogen-bond donors (Lipinski definition) is 0. The zero-order chi connectivity index (χ0) is 15.1. The van der Waals surface area contributed by atoms with Gasteiger partial charge in [-0.15, -0.1) is 0 Å². The summed E-state index contributed by atoms with van der Waals surface area (Å²) in [6.45, 7) is 8.10. The number of halogens is 1. The van der Waals surface area contributed by atoms with E-state index in [0.717, 1.165) is 12.1 Å². The van der Waals surface area contributed by atoms with Gasteiger partial charge in [-0.05, 0) is 23.8 Å². The van der Waals surface area contributed by atoms with Gasteiger partial charge in [-0.3, -0.25) is 9.78 Å². The Balaban J connectivity index is 2.62. The minimum Gasteiger partial charge on any atom is -0.391 e. The first-order valence-electron chi connectivity index (χ1n) is 6.65. The van der Waals surface area contributed by atoms with Crippen LogP contribution in [0.2, 0.25) is 0 Å². The number of carbonyl (C=O) groups excluding carboxylic acids is 2. The predicted octanol–water partition coefficient (Wildman–Crippen LogP) is 3.87. The molecule has 0 spiro atoms.